The number of likely N-dealkylation sites (N-methyl/N-ethyl adjacent to an activating group) is 1. The van der Waals surface area contributed by atoms with E-state index in [0.29, 0.717) is 16.5 Å². The lowest BCUT2D eigenvalue weighted by atomic mass is 10.1. The minimum absolute atomic E-state index is 0.0846. The number of thiazole rings is 1. The van der Waals surface area contributed by atoms with Gasteiger partial charge in [-0.1, -0.05) is 23.2 Å². The third-order valence-corrected chi connectivity index (χ3v) is 5.29. The molecule has 0 amide bonds. The van der Waals surface area contributed by atoms with E-state index in [1.54, 1.807) is 17.4 Å². The Bertz CT molecular complexity index is 674. The number of nitrogens with zero attached hydrogens (tertiary/aromatic N) is 2. The second kappa shape index (κ2) is 5.86. The molecule has 0 radical (unpaired) electrons. The molecule has 1 aliphatic rings. The number of hydrogen-bond acceptors (Lipinski definition) is 4. The number of aryl methyl sites for hydroxylation is 1. The summed E-state index contributed by atoms with van der Waals surface area (Å²) in [4.78, 5) is 7.59. The van der Waals surface area contributed by atoms with Crippen LogP contribution in [-0.2, 0) is 13.0 Å². The number of aromatic nitrogens is 1. The summed E-state index contributed by atoms with van der Waals surface area (Å²) in [5.41, 5.74) is 2.04. The third-order valence-electron chi connectivity index (χ3n) is 3.84. The minimum Gasteiger partial charge on any atom is -0.391 e. The van der Waals surface area contributed by atoms with Crippen LogP contribution in [0, 0.1) is 6.92 Å². The van der Waals surface area contributed by atoms with E-state index in [2.05, 4.69) is 9.88 Å². The van der Waals surface area contributed by atoms with Gasteiger partial charge in [-0.2, -0.15) is 0 Å². The molecule has 1 aliphatic carbocycles. The van der Waals surface area contributed by atoms with Crippen molar-refractivity contribution >= 4 is 34.5 Å². The highest BCUT2D eigenvalue weighted by atomic mass is 35.5. The highest BCUT2D eigenvalue weighted by Crippen LogP contribution is 2.41. The Labute approximate surface area is 138 Å². The standard InChI is InChI=1S/C15H16Cl2N2OS/c1-8-18-6-10(21-8)7-19(2)15-12-3-9(16)4-13(17)11(12)5-14(15)20/h3-4,6,14-15,20H,5,7H2,1-2H3/t14-,15+/m0/s1. The minimum atomic E-state index is -0.463. The molecular weight excluding hydrogens is 327 g/mol. The van der Waals surface area contributed by atoms with Crippen LogP contribution in [0.1, 0.15) is 27.1 Å². The Morgan fingerprint density at radius 3 is 2.86 bits per heavy atom. The summed E-state index contributed by atoms with van der Waals surface area (Å²) in [6, 6.07) is 3.57. The van der Waals surface area contributed by atoms with Gasteiger partial charge in [-0.05, 0) is 37.2 Å². The summed E-state index contributed by atoms with van der Waals surface area (Å²) in [5, 5.41) is 12.7. The highest BCUT2D eigenvalue weighted by molar-refractivity contribution is 7.11. The second-order valence-electron chi connectivity index (χ2n) is 5.43. The van der Waals surface area contributed by atoms with Crippen molar-refractivity contribution in [3.8, 4) is 0 Å². The van der Waals surface area contributed by atoms with E-state index < -0.39 is 6.10 Å². The van der Waals surface area contributed by atoms with Crippen molar-refractivity contribution in [2.75, 3.05) is 7.05 Å². The Balaban J connectivity index is 1.89. The van der Waals surface area contributed by atoms with E-state index in [4.69, 9.17) is 23.2 Å². The zero-order valence-corrected chi connectivity index (χ0v) is 14.1. The molecule has 0 fully saturated rings. The van der Waals surface area contributed by atoms with Crippen molar-refractivity contribution < 1.29 is 5.11 Å². The van der Waals surface area contributed by atoms with E-state index >= 15 is 0 Å². The third kappa shape index (κ3) is 2.96. The number of aliphatic hydroxyl groups excluding tert-OH is 1. The molecule has 0 saturated heterocycles. The predicted octanol–water partition coefficient (Wildman–Crippen LogP) is 3.85. The molecule has 1 N–H and O–H groups in total. The molecule has 0 aliphatic heterocycles. The molecule has 0 spiro atoms. The molecule has 1 aromatic heterocycles. The molecule has 112 valence electrons. The fraction of sp³-hybridized carbons (Fsp3) is 0.400. The smallest absolute Gasteiger partial charge is 0.0897 e. The van der Waals surface area contributed by atoms with Crippen molar-refractivity contribution in [2.45, 2.75) is 32.0 Å². The van der Waals surface area contributed by atoms with Crippen molar-refractivity contribution in [2.24, 2.45) is 0 Å². The summed E-state index contributed by atoms with van der Waals surface area (Å²) in [7, 11) is 2.01. The summed E-state index contributed by atoms with van der Waals surface area (Å²) in [6.45, 7) is 2.74. The van der Waals surface area contributed by atoms with Gasteiger partial charge in [-0.15, -0.1) is 11.3 Å². The van der Waals surface area contributed by atoms with Crippen LogP contribution >= 0.6 is 34.5 Å². The van der Waals surface area contributed by atoms with Crippen LogP contribution in [0.25, 0.3) is 0 Å². The first-order valence-corrected chi connectivity index (χ1v) is 8.30. The molecule has 1 heterocycles. The van der Waals surface area contributed by atoms with Crippen LogP contribution < -0.4 is 0 Å². The Hall–Kier alpha value is -0.650. The average Bonchev–Trinajstić information content (AvgIpc) is 2.92. The highest BCUT2D eigenvalue weighted by Gasteiger charge is 2.35. The molecule has 0 saturated carbocycles. The Morgan fingerprint density at radius 1 is 1.43 bits per heavy atom. The molecule has 0 bridgehead atoms. The van der Waals surface area contributed by atoms with Crippen LogP contribution in [0.3, 0.4) is 0 Å². The molecule has 6 heteroatoms. The van der Waals surface area contributed by atoms with Gasteiger partial charge in [0.25, 0.3) is 0 Å². The topological polar surface area (TPSA) is 36.4 Å². The monoisotopic (exact) mass is 342 g/mol. The Morgan fingerprint density at radius 2 is 2.19 bits per heavy atom. The van der Waals surface area contributed by atoms with Crippen molar-refractivity contribution in [3.63, 3.8) is 0 Å². The zero-order valence-electron chi connectivity index (χ0n) is 11.8. The fourth-order valence-corrected chi connectivity index (χ4v) is 4.43. The largest absolute Gasteiger partial charge is 0.391 e. The van der Waals surface area contributed by atoms with Crippen molar-refractivity contribution in [1.29, 1.82) is 0 Å². The molecule has 21 heavy (non-hydrogen) atoms. The maximum Gasteiger partial charge on any atom is 0.0897 e. The van der Waals surface area contributed by atoms with Gasteiger partial charge < -0.3 is 5.11 Å². The molecule has 3 rings (SSSR count). The number of aliphatic hydroxyl groups is 1. The second-order valence-corrected chi connectivity index (χ2v) is 7.60. The molecule has 1 aromatic carbocycles. The normalized spacial score (nSPS) is 21.0. The molecule has 2 atom stereocenters. The number of fused-ring (bicyclic) bond motifs is 1. The number of halogens is 2. The van der Waals surface area contributed by atoms with Gasteiger partial charge in [0.1, 0.15) is 0 Å². The van der Waals surface area contributed by atoms with E-state index in [9.17, 15) is 5.11 Å². The van der Waals surface area contributed by atoms with Gasteiger partial charge in [-0.3, -0.25) is 4.90 Å². The van der Waals surface area contributed by atoms with Crippen LogP contribution in [0.5, 0.6) is 0 Å². The van der Waals surface area contributed by atoms with Gasteiger partial charge in [0.05, 0.1) is 17.2 Å². The number of rotatable bonds is 3. The number of benzene rings is 1. The fourth-order valence-electron chi connectivity index (χ4n) is 2.98. The van der Waals surface area contributed by atoms with Gasteiger partial charge >= 0.3 is 0 Å². The van der Waals surface area contributed by atoms with E-state index in [1.165, 1.54) is 4.88 Å². The SMILES string of the molecule is Cc1ncc(CN(C)[C@@H]2c3cc(Cl)cc(Cl)c3C[C@@H]2O)s1. The summed E-state index contributed by atoms with van der Waals surface area (Å²) < 4.78 is 0. The van der Waals surface area contributed by atoms with Gasteiger partial charge in [0.15, 0.2) is 0 Å². The Kier molecular flexibility index (Phi) is 4.26. The van der Waals surface area contributed by atoms with E-state index in [1.807, 2.05) is 26.2 Å². The van der Waals surface area contributed by atoms with Gasteiger partial charge in [-0.25, -0.2) is 4.98 Å². The predicted molar refractivity (Wildman–Crippen MR) is 87.2 cm³/mol. The van der Waals surface area contributed by atoms with Gasteiger partial charge in [0, 0.05) is 34.1 Å². The lowest BCUT2D eigenvalue weighted by Crippen LogP contribution is -2.30. The van der Waals surface area contributed by atoms with Crippen LogP contribution in [0.15, 0.2) is 18.3 Å². The molecule has 2 aromatic rings. The first kappa shape index (κ1) is 15.3. The number of hydrogen-bond donors (Lipinski definition) is 1. The van der Waals surface area contributed by atoms with Crippen LogP contribution in [-0.4, -0.2) is 28.1 Å². The summed E-state index contributed by atoms with van der Waals surface area (Å²) in [5.74, 6) is 0. The molecule has 3 nitrogen and oxygen atoms in total. The zero-order chi connectivity index (χ0) is 15.1. The molecular formula is C15H16Cl2N2OS. The molecule has 0 unspecified atom stereocenters. The maximum atomic E-state index is 10.4. The summed E-state index contributed by atoms with van der Waals surface area (Å²) >= 11 is 14.0. The maximum absolute atomic E-state index is 10.4. The van der Waals surface area contributed by atoms with Crippen molar-refractivity contribution in [3.05, 3.63) is 49.4 Å². The van der Waals surface area contributed by atoms with Crippen LogP contribution in [0.4, 0.5) is 0 Å². The van der Waals surface area contributed by atoms with Gasteiger partial charge in [0.2, 0.25) is 0 Å². The average molecular weight is 343 g/mol. The lowest BCUT2D eigenvalue weighted by molar-refractivity contribution is 0.0730. The van der Waals surface area contributed by atoms with E-state index in [0.717, 1.165) is 22.7 Å². The van der Waals surface area contributed by atoms with E-state index in [-0.39, 0.29) is 6.04 Å². The summed E-state index contributed by atoms with van der Waals surface area (Å²) in [6.07, 6.45) is 2.00. The van der Waals surface area contributed by atoms with Crippen LogP contribution in [0.2, 0.25) is 10.0 Å². The quantitative estimate of drug-likeness (QED) is 0.920. The van der Waals surface area contributed by atoms with Crippen molar-refractivity contribution in [1.82, 2.24) is 9.88 Å². The first-order valence-electron chi connectivity index (χ1n) is 6.73. The lowest BCUT2D eigenvalue weighted by Gasteiger charge is -2.27. The first-order chi connectivity index (χ1) is 9.95.